The third-order valence-corrected chi connectivity index (χ3v) is 4.47. The van der Waals surface area contributed by atoms with Gasteiger partial charge >= 0.3 is 0 Å². The summed E-state index contributed by atoms with van der Waals surface area (Å²) in [7, 11) is 1.62. The fourth-order valence-corrected chi connectivity index (χ4v) is 3.05. The van der Waals surface area contributed by atoms with Crippen molar-refractivity contribution < 1.29 is 9.13 Å². The molecule has 0 saturated heterocycles. The number of thiophene rings is 1. The number of halogens is 2. The van der Waals surface area contributed by atoms with E-state index < -0.39 is 0 Å². The van der Waals surface area contributed by atoms with Crippen molar-refractivity contribution >= 4 is 27.3 Å². The van der Waals surface area contributed by atoms with Gasteiger partial charge in [0.25, 0.3) is 0 Å². The molecule has 0 bridgehead atoms. The predicted octanol–water partition coefficient (Wildman–Crippen LogP) is 3.90. The summed E-state index contributed by atoms with van der Waals surface area (Å²) in [5.74, 6) is 0.540. The number of hydrogen-bond acceptors (Lipinski definition) is 3. The number of methoxy groups -OCH3 is 1. The molecule has 0 amide bonds. The van der Waals surface area contributed by atoms with E-state index >= 15 is 0 Å². The van der Waals surface area contributed by atoms with Gasteiger partial charge in [-0.15, -0.1) is 11.3 Å². The lowest BCUT2D eigenvalue weighted by atomic mass is 10.0. The average Bonchev–Trinajstić information content (AvgIpc) is 2.82. The van der Waals surface area contributed by atoms with E-state index in [0.717, 1.165) is 20.7 Å². The molecule has 1 unspecified atom stereocenters. The Balaban J connectivity index is 2.21. The maximum absolute atomic E-state index is 13.2. The lowest BCUT2D eigenvalue weighted by Gasteiger charge is -2.13. The molecule has 2 rings (SSSR count). The van der Waals surface area contributed by atoms with Crippen LogP contribution < -0.4 is 10.5 Å². The first kappa shape index (κ1) is 13.5. The topological polar surface area (TPSA) is 35.2 Å². The Hall–Kier alpha value is -0.910. The summed E-state index contributed by atoms with van der Waals surface area (Å²) in [5, 5.41) is 1.94. The Morgan fingerprint density at radius 1 is 1.44 bits per heavy atom. The Kier molecular flexibility index (Phi) is 4.37. The summed E-state index contributed by atoms with van der Waals surface area (Å²) in [6.45, 7) is 0. The lowest BCUT2D eigenvalue weighted by molar-refractivity contribution is 0.409. The maximum Gasteiger partial charge on any atom is 0.134 e. The van der Waals surface area contributed by atoms with E-state index in [0.29, 0.717) is 6.42 Å². The van der Waals surface area contributed by atoms with Crippen LogP contribution in [0.3, 0.4) is 0 Å². The number of nitrogens with two attached hydrogens (primary N) is 1. The lowest BCUT2D eigenvalue weighted by Crippen LogP contribution is -2.13. The molecule has 5 heteroatoms. The van der Waals surface area contributed by atoms with Crippen LogP contribution in [0, 0.1) is 5.82 Å². The second-order valence-electron chi connectivity index (χ2n) is 3.90. The summed E-state index contributed by atoms with van der Waals surface area (Å²) < 4.78 is 19.3. The first-order valence-corrected chi connectivity index (χ1v) is 7.10. The van der Waals surface area contributed by atoms with Crippen LogP contribution >= 0.6 is 27.3 Å². The van der Waals surface area contributed by atoms with Crippen molar-refractivity contribution in [2.24, 2.45) is 5.73 Å². The molecule has 1 aromatic carbocycles. The number of ether oxygens (including phenoxy) is 1. The van der Waals surface area contributed by atoms with Gasteiger partial charge < -0.3 is 10.5 Å². The SMILES string of the molecule is COc1ccsc1C(N)Cc1cc(F)ccc1Br. The summed E-state index contributed by atoms with van der Waals surface area (Å²) >= 11 is 4.96. The fourth-order valence-electron chi connectivity index (χ4n) is 1.78. The van der Waals surface area contributed by atoms with Gasteiger partial charge in [0, 0.05) is 10.5 Å². The van der Waals surface area contributed by atoms with Gasteiger partial charge in [-0.25, -0.2) is 4.39 Å². The van der Waals surface area contributed by atoms with Gasteiger partial charge in [0.15, 0.2) is 0 Å². The van der Waals surface area contributed by atoms with Crippen molar-refractivity contribution in [3.63, 3.8) is 0 Å². The largest absolute Gasteiger partial charge is 0.496 e. The normalized spacial score (nSPS) is 12.4. The number of benzene rings is 1. The van der Waals surface area contributed by atoms with Crippen molar-refractivity contribution in [2.75, 3.05) is 7.11 Å². The molecule has 1 heterocycles. The Labute approximate surface area is 118 Å². The highest BCUT2D eigenvalue weighted by Crippen LogP contribution is 2.32. The molecule has 0 aliphatic carbocycles. The van der Waals surface area contributed by atoms with Crippen LogP contribution in [-0.4, -0.2) is 7.11 Å². The highest BCUT2D eigenvalue weighted by Gasteiger charge is 2.15. The van der Waals surface area contributed by atoms with E-state index in [1.807, 2.05) is 11.4 Å². The summed E-state index contributed by atoms with van der Waals surface area (Å²) in [6, 6.07) is 6.32. The summed E-state index contributed by atoms with van der Waals surface area (Å²) in [4.78, 5) is 0.980. The third-order valence-electron chi connectivity index (χ3n) is 2.66. The fraction of sp³-hybridized carbons (Fsp3) is 0.231. The molecular weight excluding hydrogens is 317 g/mol. The zero-order valence-corrected chi connectivity index (χ0v) is 12.2. The van der Waals surface area contributed by atoms with E-state index in [4.69, 9.17) is 10.5 Å². The molecule has 18 heavy (non-hydrogen) atoms. The van der Waals surface area contributed by atoms with E-state index in [9.17, 15) is 4.39 Å². The second kappa shape index (κ2) is 5.82. The molecule has 2 N–H and O–H groups in total. The molecular formula is C13H13BrFNOS. The van der Waals surface area contributed by atoms with Gasteiger partial charge in [0.1, 0.15) is 11.6 Å². The molecule has 0 aliphatic heterocycles. The molecule has 96 valence electrons. The minimum absolute atomic E-state index is 0.196. The van der Waals surface area contributed by atoms with Gasteiger partial charge in [-0.05, 0) is 41.6 Å². The van der Waals surface area contributed by atoms with Crippen LogP contribution in [0.2, 0.25) is 0 Å². The van der Waals surface area contributed by atoms with E-state index in [-0.39, 0.29) is 11.9 Å². The molecule has 0 aliphatic rings. The molecule has 2 aromatic rings. The quantitative estimate of drug-likeness (QED) is 0.923. The Bertz CT molecular complexity index is 544. The van der Waals surface area contributed by atoms with E-state index in [1.54, 1.807) is 24.5 Å². The van der Waals surface area contributed by atoms with Crippen molar-refractivity contribution in [3.8, 4) is 5.75 Å². The Morgan fingerprint density at radius 3 is 2.94 bits per heavy atom. The zero-order chi connectivity index (χ0) is 13.1. The van der Waals surface area contributed by atoms with Crippen LogP contribution in [0.5, 0.6) is 5.75 Å². The van der Waals surface area contributed by atoms with Crippen molar-refractivity contribution in [1.82, 2.24) is 0 Å². The minimum atomic E-state index is -0.251. The maximum atomic E-state index is 13.2. The van der Waals surface area contributed by atoms with Gasteiger partial charge in [0.05, 0.1) is 12.0 Å². The van der Waals surface area contributed by atoms with Gasteiger partial charge in [-0.3, -0.25) is 0 Å². The van der Waals surface area contributed by atoms with Crippen molar-refractivity contribution in [1.29, 1.82) is 0 Å². The zero-order valence-electron chi connectivity index (χ0n) is 9.82. The van der Waals surface area contributed by atoms with Crippen LogP contribution in [0.4, 0.5) is 4.39 Å². The molecule has 2 nitrogen and oxygen atoms in total. The van der Waals surface area contributed by atoms with Crippen molar-refractivity contribution in [3.05, 3.63) is 50.4 Å². The van der Waals surface area contributed by atoms with Crippen LogP contribution in [-0.2, 0) is 6.42 Å². The number of rotatable bonds is 4. The predicted molar refractivity (Wildman–Crippen MR) is 75.6 cm³/mol. The van der Waals surface area contributed by atoms with E-state index in [2.05, 4.69) is 15.9 Å². The van der Waals surface area contributed by atoms with Gasteiger partial charge in [-0.1, -0.05) is 15.9 Å². The molecule has 0 spiro atoms. The second-order valence-corrected chi connectivity index (χ2v) is 5.70. The van der Waals surface area contributed by atoms with Crippen LogP contribution in [0.25, 0.3) is 0 Å². The smallest absolute Gasteiger partial charge is 0.134 e. The highest BCUT2D eigenvalue weighted by molar-refractivity contribution is 9.10. The monoisotopic (exact) mass is 329 g/mol. The average molecular weight is 330 g/mol. The standard InChI is InChI=1S/C13H13BrFNOS/c1-17-12-4-5-18-13(12)11(16)7-8-6-9(15)2-3-10(8)14/h2-6,11H,7,16H2,1H3. The van der Waals surface area contributed by atoms with Crippen LogP contribution in [0.1, 0.15) is 16.5 Å². The highest BCUT2D eigenvalue weighted by atomic mass is 79.9. The molecule has 1 aromatic heterocycles. The first-order valence-electron chi connectivity index (χ1n) is 5.42. The van der Waals surface area contributed by atoms with Gasteiger partial charge in [0.2, 0.25) is 0 Å². The molecule has 0 fully saturated rings. The number of hydrogen-bond donors (Lipinski definition) is 1. The minimum Gasteiger partial charge on any atom is -0.496 e. The van der Waals surface area contributed by atoms with Crippen LogP contribution in [0.15, 0.2) is 34.1 Å². The summed E-state index contributed by atoms with van der Waals surface area (Å²) in [5.41, 5.74) is 7.01. The molecule has 1 atom stereocenters. The van der Waals surface area contributed by atoms with Crippen molar-refractivity contribution in [2.45, 2.75) is 12.5 Å². The third kappa shape index (κ3) is 2.91. The summed E-state index contributed by atoms with van der Waals surface area (Å²) in [6.07, 6.45) is 0.565. The van der Waals surface area contributed by atoms with E-state index in [1.165, 1.54) is 12.1 Å². The molecule has 0 saturated carbocycles. The Morgan fingerprint density at radius 2 is 2.22 bits per heavy atom. The molecule has 0 radical (unpaired) electrons. The van der Waals surface area contributed by atoms with Gasteiger partial charge in [-0.2, -0.15) is 0 Å². The first-order chi connectivity index (χ1) is 8.61.